The van der Waals surface area contributed by atoms with Gasteiger partial charge in [0.15, 0.2) is 0 Å². The standard InChI is InChI=1S/C18H20ClNO2/c1-4-13-5-7-14(8-6-13)12(2)20-18(21)16-11-15(19)9-10-17(16)22-3/h5-12H,4H2,1-3H3,(H,20,21)/t12-/m0/s1. The topological polar surface area (TPSA) is 38.3 Å². The lowest BCUT2D eigenvalue weighted by Gasteiger charge is -2.16. The van der Waals surface area contributed by atoms with E-state index in [1.807, 2.05) is 19.1 Å². The number of hydrogen-bond donors (Lipinski definition) is 1. The van der Waals surface area contributed by atoms with Gasteiger partial charge >= 0.3 is 0 Å². The number of rotatable bonds is 5. The Morgan fingerprint density at radius 1 is 1.23 bits per heavy atom. The van der Waals surface area contributed by atoms with Crippen LogP contribution in [0.3, 0.4) is 0 Å². The molecule has 116 valence electrons. The van der Waals surface area contributed by atoms with E-state index in [-0.39, 0.29) is 11.9 Å². The molecule has 22 heavy (non-hydrogen) atoms. The van der Waals surface area contributed by atoms with E-state index in [1.54, 1.807) is 18.2 Å². The molecule has 4 heteroatoms. The lowest BCUT2D eigenvalue weighted by molar-refractivity contribution is 0.0937. The molecule has 1 N–H and O–H groups in total. The Morgan fingerprint density at radius 3 is 2.50 bits per heavy atom. The second-order valence-electron chi connectivity index (χ2n) is 5.13. The van der Waals surface area contributed by atoms with Crippen LogP contribution < -0.4 is 10.1 Å². The number of amides is 1. The van der Waals surface area contributed by atoms with Gasteiger partial charge in [-0.15, -0.1) is 0 Å². The van der Waals surface area contributed by atoms with Gasteiger partial charge < -0.3 is 10.1 Å². The van der Waals surface area contributed by atoms with Crippen molar-refractivity contribution in [3.63, 3.8) is 0 Å². The highest BCUT2D eigenvalue weighted by Gasteiger charge is 2.16. The van der Waals surface area contributed by atoms with Crippen molar-refractivity contribution in [1.29, 1.82) is 0 Å². The number of ether oxygens (including phenoxy) is 1. The molecule has 2 aromatic carbocycles. The summed E-state index contributed by atoms with van der Waals surface area (Å²) in [4.78, 5) is 12.4. The van der Waals surface area contributed by atoms with Crippen molar-refractivity contribution in [2.75, 3.05) is 7.11 Å². The summed E-state index contributed by atoms with van der Waals surface area (Å²) >= 11 is 5.97. The second kappa shape index (κ2) is 7.32. The van der Waals surface area contributed by atoms with Crippen LogP contribution >= 0.6 is 11.6 Å². The fourth-order valence-corrected chi connectivity index (χ4v) is 2.43. The first-order valence-corrected chi connectivity index (χ1v) is 7.66. The number of hydrogen-bond acceptors (Lipinski definition) is 2. The van der Waals surface area contributed by atoms with Crippen molar-refractivity contribution >= 4 is 17.5 Å². The van der Waals surface area contributed by atoms with Gasteiger partial charge in [-0.25, -0.2) is 0 Å². The molecule has 1 atom stereocenters. The minimum absolute atomic E-state index is 0.0953. The highest BCUT2D eigenvalue weighted by molar-refractivity contribution is 6.31. The Labute approximate surface area is 136 Å². The number of benzene rings is 2. The minimum Gasteiger partial charge on any atom is -0.496 e. The van der Waals surface area contributed by atoms with Crippen LogP contribution in [0.1, 0.15) is 41.4 Å². The number of aryl methyl sites for hydroxylation is 1. The molecule has 0 aliphatic carbocycles. The van der Waals surface area contributed by atoms with Crippen molar-refractivity contribution in [2.24, 2.45) is 0 Å². The summed E-state index contributed by atoms with van der Waals surface area (Å²) in [5.41, 5.74) is 2.78. The van der Waals surface area contributed by atoms with E-state index in [0.717, 1.165) is 12.0 Å². The normalized spacial score (nSPS) is 11.8. The Bertz CT molecular complexity index is 653. The molecule has 0 radical (unpaired) electrons. The second-order valence-corrected chi connectivity index (χ2v) is 5.57. The summed E-state index contributed by atoms with van der Waals surface area (Å²) < 4.78 is 5.22. The fraction of sp³-hybridized carbons (Fsp3) is 0.278. The SMILES string of the molecule is CCc1ccc([C@H](C)NC(=O)c2cc(Cl)ccc2OC)cc1. The monoisotopic (exact) mass is 317 g/mol. The van der Waals surface area contributed by atoms with Crippen LogP contribution in [0.15, 0.2) is 42.5 Å². The quantitative estimate of drug-likeness (QED) is 0.887. The maximum absolute atomic E-state index is 12.4. The predicted molar refractivity (Wildman–Crippen MR) is 89.7 cm³/mol. The van der Waals surface area contributed by atoms with Crippen molar-refractivity contribution in [3.05, 3.63) is 64.2 Å². The number of carbonyl (C=O) groups excluding carboxylic acids is 1. The largest absolute Gasteiger partial charge is 0.496 e. The Kier molecular flexibility index (Phi) is 5.45. The Morgan fingerprint density at radius 2 is 1.91 bits per heavy atom. The van der Waals surface area contributed by atoms with E-state index in [4.69, 9.17) is 16.3 Å². The van der Waals surface area contributed by atoms with Crippen molar-refractivity contribution in [3.8, 4) is 5.75 Å². The summed E-state index contributed by atoms with van der Waals surface area (Å²) in [7, 11) is 1.53. The summed E-state index contributed by atoms with van der Waals surface area (Å²) in [5, 5.41) is 3.48. The van der Waals surface area contributed by atoms with Crippen LogP contribution in [0.2, 0.25) is 5.02 Å². The fourth-order valence-electron chi connectivity index (χ4n) is 2.26. The van der Waals surface area contributed by atoms with E-state index in [1.165, 1.54) is 12.7 Å². The predicted octanol–water partition coefficient (Wildman–Crippen LogP) is 4.40. The van der Waals surface area contributed by atoms with Gasteiger partial charge in [0, 0.05) is 5.02 Å². The maximum atomic E-state index is 12.4. The molecule has 0 aliphatic rings. The molecule has 0 heterocycles. The average molecular weight is 318 g/mol. The average Bonchev–Trinajstić information content (AvgIpc) is 2.54. The van der Waals surface area contributed by atoms with Crippen molar-refractivity contribution in [2.45, 2.75) is 26.3 Å². The zero-order chi connectivity index (χ0) is 16.1. The molecular weight excluding hydrogens is 298 g/mol. The molecule has 0 aliphatic heterocycles. The maximum Gasteiger partial charge on any atom is 0.255 e. The molecule has 0 saturated heterocycles. The van der Waals surface area contributed by atoms with Crippen molar-refractivity contribution in [1.82, 2.24) is 5.32 Å². The van der Waals surface area contributed by atoms with Crippen LogP contribution in [0.5, 0.6) is 5.75 Å². The lowest BCUT2D eigenvalue weighted by atomic mass is 10.0. The first kappa shape index (κ1) is 16.4. The molecule has 1 amide bonds. The van der Waals surface area contributed by atoms with Gasteiger partial charge in [-0.3, -0.25) is 4.79 Å². The molecule has 3 nitrogen and oxygen atoms in total. The van der Waals surface area contributed by atoms with E-state index in [9.17, 15) is 4.79 Å². The highest BCUT2D eigenvalue weighted by atomic mass is 35.5. The number of nitrogens with one attached hydrogen (secondary N) is 1. The molecule has 0 aromatic heterocycles. The van der Waals surface area contributed by atoms with Crippen LogP contribution in [0.25, 0.3) is 0 Å². The highest BCUT2D eigenvalue weighted by Crippen LogP contribution is 2.23. The summed E-state index contributed by atoms with van der Waals surface area (Å²) in [6.07, 6.45) is 1.00. The summed E-state index contributed by atoms with van der Waals surface area (Å²) in [6, 6.07) is 13.2. The first-order valence-electron chi connectivity index (χ1n) is 7.28. The zero-order valence-corrected chi connectivity index (χ0v) is 13.8. The molecular formula is C18H20ClNO2. The molecule has 0 saturated carbocycles. The third kappa shape index (κ3) is 3.80. The molecule has 0 spiro atoms. The third-order valence-electron chi connectivity index (χ3n) is 3.64. The number of halogens is 1. The van der Waals surface area contributed by atoms with E-state index in [0.29, 0.717) is 16.3 Å². The molecule has 2 rings (SSSR count). The zero-order valence-electron chi connectivity index (χ0n) is 13.0. The third-order valence-corrected chi connectivity index (χ3v) is 3.88. The molecule has 0 fully saturated rings. The molecule has 2 aromatic rings. The van der Waals surface area contributed by atoms with Gasteiger partial charge in [-0.05, 0) is 42.7 Å². The lowest BCUT2D eigenvalue weighted by Crippen LogP contribution is -2.27. The van der Waals surface area contributed by atoms with E-state index < -0.39 is 0 Å². The Hall–Kier alpha value is -2.00. The summed E-state index contributed by atoms with van der Waals surface area (Å²) in [5.74, 6) is 0.307. The smallest absolute Gasteiger partial charge is 0.255 e. The van der Waals surface area contributed by atoms with Gasteiger partial charge in [0.05, 0.1) is 18.7 Å². The van der Waals surface area contributed by atoms with E-state index in [2.05, 4.69) is 24.4 Å². The molecule has 0 bridgehead atoms. The minimum atomic E-state index is -0.202. The van der Waals surface area contributed by atoms with E-state index >= 15 is 0 Å². The van der Waals surface area contributed by atoms with Crippen LogP contribution in [-0.4, -0.2) is 13.0 Å². The number of methoxy groups -OCH3 is 1. The van der Waals surface area contributed by atoms with Gasteiger partial charge in [0.2, 0.25) is 0 Å². The first-order chi connectivity index (χ1) is 10.5. The van der Waals surface area contributed by atoms with Gasteiger partial charge in [-0.2, -0.15) is 0 Å². The summed E-state index contributed by atoms with van der Waals surface area (Å²) in [6.45, 7) is 4.07. The van der Waals surface area contributed by atoms with Gasteiger partial charge in [-0.1, -0.05) is 42.8 Å². The number of carbonyl (C=O) groups is 1. The van der Waals surface area contributed by atoms with Crippen LogP contribution in [-0.2, 0) is 6.42 Å². The van der Waals surface area contributed by atoms with Gasteiger partial charge in [0.25, 0.3) is 5.91 Å². The van der Waals surface area contributed by atoms with Crippen LogP contribution in [0, 0.1) is 0 Å². The molecule has 0 unspecified atom stereocenters. The Balaban J connectivity index is 2.15. The van der Waals surface area contributed by atoms with Crippen LogP contribution in [0.4, 0.5) is 0 Å². The van der Waals surface area contributed by atoms with Gasteiger partial charge in [0.1, 0.15) is 5.75 Å². The van der Waals surface area contributed by atoms with Crippen molar-refractivity contribution < 1.29 is 9.53 Å².